The van der Waals surface area contributed by atoms with Crippen LogP contribution >= 0.6 is 0 Å². The molecule has 1 N–H and O–H groups in total. The van der Waals surface area contributed by atoms with Crippen LogP contribution in [-0.2, 0) is 14.3 Å². The van der Waals surface area contributed by atoms with Crippen LogP contribution in [0, 0.1) is 0 Å². The number of carbonyl (C=O) groups is 1. The highest BCUT2D eigenvalue weighted by atomic mass is 16.5. The minimum atomic E-state index is 0.0226. The largest absolute Gasteiger partial charge is 0.495 e. The van der Waals surface area contributed by atoms with Gasteiger partial charge in [0.15, 0.2) is 0 Å². The van der Waals surface area contributed by atoms with Crippen LogP contribution < -0.4 is 0 Å². The summed E-state index contributed by atoms with van der Waals surface area (Å²) in [7, 11) is 0. The molecule has 304 valence electrons. The zero-order valence-corrected chi connectivity index (χ0v) is 35.5. The molecule has 0 aromatic carbocycles. The summed E-state index contributed by atoms with van der Waals surface area (Å²) < 4.78 is 12.7. The van der Waals surface area contributed by atoms with E-state index in [9.17, 15) is 9.90 Å². The van der Waals surface area contributed by atoms with Crippen LogP contribution in [0.2, 0.25) is 0 Å². The van der Waals surface area contributed by atoms with Gasteiger partial charge in [-0.15, -0.1) is 0 Å². The van der Waals surface area contributed by atoms with Gasteiger partial charge in [-0.3, -0.25) is 4.79 Å². The molecule has 51 heavy (non-hydrogen) atoms. The van der Waals surface area contributed by atoms with Gasteiger partial charge in [-0.2, -0.15) is 0 Å². The number of rotatable bonds is 40. The summed E-state index contributed by atoms with van der Waals surface area (Å²) in [5.41, 5.74) is 1.39. The van der Waals surface area contributed by atoms with E-state index in [1.165, 1.54) is 140 Å². The third kappa shape index (κ3) is 32.1. The summed E-state index contributed by atoms with van der Waals surface area (Å²) in [5, 5.41) is 9.72. The predicted molar refractivity (Wildman–Crippen MR) is 222 cm³/mol. The van der Waals surface area contributed by atoms with Crippen LogP contribution in [-0.4, -0.2) is 54.4 Å². The Morgan fingerprint density at radius 1 is 0.510 bits per heavy atom. The fourth-order valence-electron chi connectivity index (χ4n) is 7.16. The third-order valence-corrected chi connectivity index (χ3v) is 10.9. The Labute approximate surface area is 319 Å². The third-order valence-electron chi connectivity index (χ3n) is 10.9. The van der Waals surface area contributed by atoms with Crippen molar-refractivity contribution in [3.05, 3.63) is 11.3 Å². The van der Waals surface area contributed by atoms with Gasteiger partial charge in [0, 0.05) is 19.4 Å². The first-order valence-electron chi connectivity index (χ1n) is 22.8. The van der Waals surface area contributed by atoms with Crippen LogP contribution in [0.3, 0.4) is 0 Å². The van der Waals surface area contributed by atoms with Gasteiger partial charge in [0.05, 0.1) is 18.5 Å². The maximum atomic E-state index is 12.8. The molecule has 0 fully saturated rings. The van der Waals surface area contributed by atoms with Crippen molar-refractivity contribution in [2.45, 2.75) is 253 Å². The number of carbonyl (C=O) groups excluding carboxylic acids is 1. The van der Waals surface area contributed by atoms with Crippen molar-refractivity contribution in [3.63, 3.8) is 0 Å². The van der Waals surface area contributed by atoms with E-state index in [1.807, 2.05) is 0 Å². The SMILES string of the molecule is CCCCCCCCC(CCCCCCCC)OC(=O)CCCCCCCN(CCO)CCC/C(OC(CC)CCCCCCCC)=C(\C)CC. The molecule has 0 radical (unpaired) electrons. The number of ether oxygens (including phenoxy) is 2. The molecular weight excluding hydrogens is 631 g/mol. The van der Waals surface area contributed by atoms with E-state index in [4.69, 9.17) is 9.47 Å². The van der Waals surface area contributed by atoms with E-state index in [2.05, 4.69) is 46.4 Å². The predicted octanol–water partition coefficient (Wildman–Crippen LogP) is 14.0. The Balaban J connectivity index is 4.44. The van der Waals surface area contributed by atoms with E-state index >= 15 is 0 Å². The maximum Gasteiger partial charge on any atom is 0.306 e. The lowest BCUT2D eigenvalue weighted by Gasteiger charge is -2.24. The zero-order chi connectivity index (χ0) is 37.6. The lowest BCUT2D eigenvalue weighted by Crippen LogP contribution is -2.29. The molecule has 0 aromatic heterocycles. The van der Waals surface area contributed by atoms with Gasteiger partial charge in [0.2, 0.25) is 0 Å². The first-order chi connectivity index (χ1) is 24.9. The number of aliphatic hydroxyl groups excluding tert-OH is 1. The Bertz CT molecular complexity index is 752. The highest BCUT2D eigenvalue weighted by molar-refractivity contribution is 5.69. The number of allylic oxidation sites excluding steroid dienone is 2. The minimum absolute atomic E-state index is 0.0226. The van der Waals surface area contributed by atoms with Crippen molar-refractivity contribution in [1.82, 2.24) is 4.90 Å². The second kappa shape index (κ2) is 38.6. The molecule has 1 atom stereocenters. The van der Waals surface area contributed by atoms with Gasteiger partial charge >= 0.3 is 5.97 Å². The Morgan fingerprint density at radius 2 is 0.961 bits per heavy atom. The lowest BCUT2D eigenvalue weighted by atomic mass is 10.0. The molecule has 0 bridgehead atoms. The molecular formula is C46H91NO4. The molecule has 0 aliphatic heterocycles. The molecule has 0 rings (SSSR count). The molecule has 5 heteroatoms. The van der Waals surface area contributed by atoms with Crippen molar-refractivity contribution < 1.29 is 19.4 Å². The van der Waals surface area contributed by atoms with Gasteiger partial charge in [-0.1, -0.05) is 150 Å². The summed E-state index contributed by atoms with van der Waals surface area (Å²) in [6.07, 6.45) is 37.4. The molecule has 1 unspecified atom stereocenters. The number of nitrogens with zero attached hydrogens (tertiary/aromatic N) is 1. The van der Waals surface area contributed by atoms with Gasteiger partial charge in [0.25, 0.3) is 0 Å². The van der Waals surface area contributed by atoms with Crippen molar-refractivity contribution in [2.75, 3.05) is 26.2 Å². The fourth-order valence-corrected chi connectivity index (χ4v) is 7.16. The summed E-state index contributed by atoms with van der Waals surface area (Å²) >= 11 is 0. The average molecular weight is 722 g/mol. The standard InChI is InChI=1S/C46H91NO4/c1-7-12-15-18-22-27-33-43(11-5)50-45(42(6)10-4)36-32-39-47(40-41-48)38-31-26-21-25-30-37-46(49)51-44(34-28-23-19-16-13-8-2)35-29-24-20-17-14-9-3/h43-44,48H,7-41H2,1-6H3/b45-42-. The monoisotopic (exact) mass is 722 g/mol. The first kappa shape index (κ1) is 49.9. The molecule has 0 amide bonds. The molecule has 0 aliphatic carbocycles. The van der Waals surface area contributed by atoms with Crippen molar-refractivity contribution in [3.8, 4) is 0 Å². The molecule has 0 spiro atoms. The Kier molecular flexibility index (Phi) is 37.8. The van der Waals surface area contributed by atoms with E-state index in [1.54, 1.807) is 0 Å². The number of hydrogen-bond acceptors (Lipinski definition) is 5. The number of unbranched alkanes of at least 4 members (excludes halogenated alkanes) is 19. The quantitative estimate of drug-likeness (QED) is 0.0388. The summed E-state index contributed by atoms with van der Waals surface area (Å²) in [6.45, 7) is 16.5. The summed E-state index contributed by atoms with van der Waals surface area (Å²) in [4.78, 5) is 15.2. The van der Waals surface area contributed by atoms with Crippen LogP contribution in [0.15, 0.2) is 11.3 Å². The van der Waals surface area contributed by atoms with Crippen LogP contribution in [0.5, 0.6) is 0 Å². The zero-order valence-electron chi connectivity index (χ0n) is 35.5. The number of esters is 1. The van der Waals surface area contributed by atoms with E-state index in [0.29, 0.717) is 12.5 Å². The molecule has 0 saturated carbocycles. The summed E-state index contributed by atoms with van der Waals surface area (Å²) in [6, 6.07) is 0. The smallest absolute Gasteiger partial charge is 0.306 e. The summed E-state index contributed by atoms with van der Waals surface area (Å²) in [5.74, 6) is 1.24. The normalized spacial score (nSPS) is 12.9. The first-order valence-corrected chi connectivity index (χ1v) is 22.8. The highest BCUT2D eigenvalue weighted by Crippen LogP contribution is 2.23. The van der Waals surface area contributed by atoms with Crippen LogP contribution in [0.25, 0.3) is 0 Å². The van der Waals surface area contributed by atoms with E-state index < -0.39 is 0 Å². The lowest BCUT2D eigenvalue weighted by molar-refractivity contribution is -0.150. The molecule has 5 nitrogen and oxygen atoms in total. The Morgan fingerprint density at radius 3 is 1.45 bits per heavy atom. The fraction of sp³-hybridized carbons (Fsp3) is 0.935. The molecule has 0 saturated heterocycles. The van der Waals surface area contributed by atoms with Crippen LogP contribution in [0.4, 0.5) is 0 Å². The average Bonchev–Trinajstić information content (AvgIpc) is 3.13. The van der Waals surface area contributed by atoms with E-state index in [0.717, 1.165) is 83.8 Å². The minimum Gasteiger partial charge on any atom is -0.495 e. The van der Waals surface area contributed by atoms with Crippen molar-refractivity contribution in [1.29, 1.82) is 0 Å². The topological polar surface area (TPSA) is 59.0 Å². The van der Waals surface area contributed by atoms with Gasteiger partial charge in [-0.25, -0.2) is 0 Å². The second-order valence-corrected chi connectivity index (χ2v) is 15.7. The van der Waals surface area contributed by atoms with Gasteiger partial charge in [-0.05, 0) is 96.2 Å². The molecule has 0 aromatic rings. The number of hydrogen-bond donors (Lipinski definition) is 1. The van der Waals surface area contributed by atoms with Gasteiger partial charge < -0.3 is 19.5 Å². The van der Waals surface area contributed by atoms with Gasteiger partial charge in [0.1, 0.15) is 6.10 Å². The molecule has 0 heterocycles. The van der Waals surface area contributed by atoms with Crippen molar-refractivity contribution in [2.24, 2.45) is 0 Å². The second-order valence-electron chi connectivity index (χ2n) is 15.7. The highest BCUT2D eigenvalue weighted by Gasteiger charge is 2.15. The molecule has 0 aliphatic rings. The van der Waals surface area contributed by atoms with Crippen LogP contribution in [0.1, 0.15) is 241 Å². The van der Waals surface area contributed by atoms with Crippen molar-refractivity contribution >= 4 is 5.97 Å². The van der Waals surface area contributed by atoms with E-state index in [-0.39, 0.29) is 18.7 Å². The number of aliphatic hydroxyl groups is 1. The maximum absolute atomic E-state index is 12.8. The Hall–Kier alpha value is -1.07.